The number of carbonyl (C=O) groups excluding carboxylic acids is 1. The number of nitrogens with one attached hydrogen (secondary N) is 1. The number of hydrogen-bond acceptors (Lipinski definition) is 4. The fourth-order valence-electron chi connectivity index (χ4n) is 5.04. The summed E-state index contributed by atoms with van der Waals surface area (Å²) in [6.45, 7) is 9.50. The largest absolute Gasteiger partial charge is 0.444 e. The van der Waals surface area contributed by atoms with Crippen molar-refractivity contribution in [3.63, 3.8) is 0 Å². The average molecular weight is 488 g/mol. The van der Waals surface area contributed by atoms with Crippen LogP contribution in [0.15, 0.2) is 60.7 Å². The molecule has 5 nitrogen and oxygen atoms in total. The number of benzene rings is 3. The molecule has 0 spiro atoms. The lowest BCUT2D eigenvalue weighted by Crippen LogP contribution is -2.50. The van der Waals surface area contributed by atoms with Crippen LogP contribution in [0.1, 0.15) is 63.3 Å². The Balaban J connectivity index is 1.57. The second-order valence-electron chi connectivity index (χ2n) is 10.8. The Morgan fingerprint density at radius 1 is 1.14 bits per heavy atom. The van der Waals surface area contributed by atoms with Gasteiger partial charge in [-0.2, -0.15) is 5.26 Å². The zero-order chi connectivity index (χ0) is 25.9. The maximum atomic E-state index is 13.7. The van der Waals surface area contributed by atoms with Crippen molar-refractivity contribution in [2.24, 2.45) is 0 Å². The number of amides is 1. The second-order valence-corrected chi connectivity index (χ2v) is 10.8. The van der Waals surface area contributed by atoms with Crippen LogP contribution in [0.4, 0.5) is 9.18 Å². The van der Waals surface area contributed by atoms with E-state index in [2.05, 4.69) is 24.4 Å². The minimum absolute atomic E-state index is 0.00981. The van der Waals surface area contributed by atoms with Crippen molar-refractivity contribution in [3.8, 4) is 6.07 Å². The summed E-state index contributed by atoms with van der Waals surface area (Å²) in [5.74, 6) is -0.263. The van der Waals surface area contributed by atoms with Gasteiger partial charge in [-0.05, 0) is 86.7 Å². The average Bonchev–Trinajstić information content (AvgIpc) is 2.86. The van der Waals surface area contributed by atoms with E-state index in [4.69, 9.17) is 4.74 Å². The van der Waals surface area contributed by atoms with E-state index in [1.165, 1.54) is 12.1 Å². The Bertz CT molecular complexity index is 1270. The van der Waals surface area contributed by atoms with Crippen LogP contribution < -0.4 is 5.32 Å². The molecular formula is C30H34FN3O2. The van der Waals surface area contributed by atoms with Crippen LogP contribution in [0.3, 0.4) is 0 Å². The van der Waals surface area contributed by atoms with E-state index in [1.807, 2.05) is 63.2 Å². The van der Waals surface area contributed by atoms with E-state index >= 15 is 0 Å². The molecule has 1 N–H and O–H groups in total. The van der Waals surface area contributed by atoms with Gasteiger partial charge in [0.1, 0.15) is 11.4 Å². The van der Waals surface area contributed by atoms with Gasteiger partial charge in [-0.25, -0.2) is 9.18 Å². The number of likely N-dealkylation sites (tertiary alicyclic amines) is 1. The Morgan fingerprint density at radius 3 is 2.44 bits per heavy atom. The lowest BCUT2D eigenvalue weighted by Gasteiger charge is -2.43. The van der Waals surface area contributed by atoms with Gasteiger partial charge >= 0.3 is 6.09 Å². The highest BCUT2D eigenvalue weighted by Crippen LogP contribution is 2.37. The van der Waals surface area contributed by atoms with Crippen LogP contribution in [0, 0.1) is 17.1 Å². The maximum absolute atomic E-state index is 13.7. The summed E-state index contributed by atoms with van der Waals surface area (Å²) < 4.78 is 19.3. The number of piperidine rings is 1. The molecule has 0 aliphatic carbocycles. The molecular weight excluding hydrogens is 453 g/mol. The number of rotatable bonds is 5. The highest BCUT2D eigenvalue weighted by atomic mass is 19.1. The molecule has 4 rings (SSSR count). The summed E-state index contributed by atoms with van der Waals surface area (Å²) >= 11 is 0. The molecule has 188 valence electrons. The third-order valence-corrected chi connectivity index (χ3v) is 7.06. The van der Waals surface area contributed by atoms with E-state index in [1.54, 1.807) is 4.90 Å². The first kappa shape index (κ1) is 25.7. The normalized spacial score (nSPS) is 16.4. The summed E-state index contributed by atoms with van der Waals surface area (Å²) in [7, 11) is 0. The van der Waals surface area contributed by atoms with Crippen molar-refractivity contribution >= 4 is 16.9 Å². The summed E-state index contributed by atoms with van der Waals surface area (Å²) in [4.78, 5) is 14.4. The molecule has 0 saturated carbocycles. The van der Waals surface area contributed by atoms with Crippen molar-refractivity contribution in [1.29, 1.82) is 5.26 Å². The van der Waals surface area contributed by atoms with E-state index in [9.17, 15) is 14.4 Å². The molecule has 1 atom stereocenters. The number of carbonyl (C=O) groups is 1. The third kappa shape index (κ3) is 5.68. The monoisotopic (exact) mass is 487 g/mol. The van der Waals surface area contributed by atoms with E-state index in [0.717, 1.165) is 34.7 Å². The quantitative estimate of drug-likeness (QED) is 0.448. The maximum Gasteiger partial charge on any atom is 0.410 e. The van der Waals surface area contributed by atoms with Crippen LogP contribution in [-0.2, 0) is 10.2 Å². The number of ether oxygens (including phenoxy) is 1. The van der Waals surface area contributed by atoms with Gasteiger partial charge in [0.2, 0.25) is 0 Å². The lowest BCUT2D eigenvalue weighted by atomic mass is 9.72. The van der Waals surface area contributed by atoms with Crippen LogP contribution in [0.25, 0.3) is 10.8 Å². The predicted molar refractivity (Wildman–Crippen MR) is 140 cm³/mol. The molecule has 1 saturated heterocycles. The fourth-order valence-corrected chi connectivity index (χ4v) is 5.04. The summed E-state index contributed by atoms with van der Waals surface area (Å²) in [5, 5.41) is 15.4. The first-order valence-corrected chi connectivity index (χ1v) is 12.5. The molecule has 0 bridgehead atoms. The minimum Gasteiger partial charge on any atom is -0.444 e. The van der Waals surface area contributed by atoms with Crippen molar-refractivity contribution in [1.82, 2.24) is 10.2 Å². The SMILES string of the molecule is CC(NCC1(c2ccc(F)cc2)CCN(C(=O)OC(C)(C)C)CC1)c1cc(C#N)cc2ccccc12. The van der Waals surface area contributed by atoms with E-state index < -0.39 is 5.60 Å². The van der Waals surface area contributed by atoms with Gasteiger partial charge in [0.05, 0.1) is 11.6 Å². The summed E-state index contributed by atoms with van der Waals surface area (Å²) in [5.41, 5.74) is 1.97. The van der Waals surface area contributed by atoms with Crippen molar-refractivity contribution in [2.75, 3.05) is 19.6 Å². The molecule has 0 radical (unpaired) electrons. The summed E-state index contributed by atoms with van der Waals surface area (Å²) in [6, 6.07) is 21.0. The van der Waals surface area contributed by atoms with Crippen LogP contribution in [0.2, 0.25) is 0 Å². The van der Waals surface area contributed by atoms with Gasteiger partial charge in [0.15, 0.2) is 0 Å². The van der Waals surface area contributed by atoms with Gasteiger partial charge in [0.25, 0.3) is 0 Å². The van der Waals surface area contributed by atoms with Gasteiger partial charge < -0.3 is 15.0 Å². The Morgan fingerprint density at radius 2 is 1.81 bits per heavy atom. The standard InChI is InChI=1S/C30H34FN3O2/c1-21(27-18-22(19-32)17-23-7-5-6-8-26(23)27)33-20-30(24-9-11-25(31)12-10-24)13-15-34(16-14-30)28(35)36-29(2,3)4/h5-12,17-18,21,33H,13-16,20H2,1-4H3. The van der Waals surface area contributed by atoms with Gasteiger partial charge in [-0.15, -0.1) is 0 Å². The second kappa shape index (κ2) is 10.3. The molecule has 1 fully saturated rings. The number of hydrogen-bond donors (Lipinski definition) is 1. The van der Waals surface area contributed by atoms with Gasteiger partial charge in [0, 0.05) is 31.1 Å². The predicted octanol–water partition coefficient (Wildman–Crippen LogP) is 6.47. The first-order valence-electron chi connectivity index (χ1n) is 12.5. The highest BCUT2D eigenvalue weighted by Gasteiger charge is 2.38. The zero-order valence-electron chi connectivity index (χ0n) is 21.5. The molecule has 3 aromatic carbocycles. The Hall–Kier alpha value is -3.43. The van der Waals surface area contributed by atoms with Crippen molar-refractivity contribution in [3.05, 3.63) is 83.2 Å². The van der Waals surface area contributed by atoms with Crippen LogP contribution >= 0.6 is 0 Å². The fraction of sp³-hybridized carbons (Fsp3) is 0.400. The van der Waals surface area contributed by atoms with E-state index in [-0.39, 0.29) is 23.4 Å². The number of fused-ring (bicyclic) bond motifs is 1. The van der Waals surface area contributed by atoms with Gasteiger partial charge in [-0.1, -0.05) is 36.4 Å². The minimum atomic E-state index is -0.541. The molecule has 1 unspecified atom stereocenters. The molecule has 1 amide bonds. The number of nitriles is 1. The molecule has 6 heteroatoms. The first-order chi connectivity index (χ1) is 17.1. The van der Waals surface area contributed by atoms with Crippen molar-refractivity contribution < 1.29 is 13.9 Å². The summed E-state index contributed by atoms with van der Waals surface area (Å²) in [6.07, 6.45) is 1.17. The van der Waals surface area contributed by atoms with E-state index in [0.29, 0.717) is 25.2 Å². The molecule has 1 aliphatic rings. The Kier molecular flexibility index (Phi) is 7.33. The van der Waals surface area contributed by atoms with Crippen molar-refractivity contribution in [2.45, 2.75) is 57.6 Å². The molecule has 36 heavy (non-hydrogen) atoms. The molecule has 3 aromatic rings. The molecule has 0 aromatic heterocycles. The number of halogens is 1. The Labute approximate surface area is 212 Å². The van der Waals surface area contributed by atoms with Crippen LogP contribution in [0.5, 0.6) is 0 Å². The topological polar surface area (TPSA) is 65.4 Å². The van der Waals surface area contributed by atoms with Crippen LogP contribution in [-0.4, -0.2) is 36.2 Å². The lowest BCUT2D eigenvalue weighted by molar-refractivity contribution is 0.0162. The third-order valence-electron chi connectivity index (χ3n) is 7.06. The zero-order valence-corrected chi connectivity index (χ0v) is 21.5. The smallest absolute Gasteiger partial charge is 0.410 e. The van der Waals surface area contributed by atoms with Gasteiger partial charge in [-0.3, -0.25) is 0 Å². The number of nitrogens with zero attached hydrogens (tertiary/aromatic N) is 2. The molecule has 1 aliphatic heterocycles. The highest BCUT2D eigenvalue weighted by molar-refractivity contribution is 5.87. The molecule has 1 heterocycles.